The van der Waals surface area contributed by atoms with Gasteiger partial charge in [-0.2, -0.15) is 0 Å². The first-order valence-electron chi connectivity index (χ1n) is 13.3. The molecule has 0 radical (unpaired) electrons. The summed E-state index contributed by atoms with van der Waals surface area (Å²) >= 11 is 1.36. The van der Waals surface area contributed by atoms with Gasteiger partial charge in [0.25, 0.3) is 0 Å². The second-order valence-electron chi connectivity index (χ2n) is 12.3. The van der Waals surface area contributed by atoms with Crippen molar-refractivity contribution in [3.05, 3.63) is 28.3 Å². The molecule has 7 unspecified atom stereocenters. The number of benzene rings is 1. The number of aromatic nitrogens is 1. The molecule has 2 aliphatic heterocycles. The van der Waals surface area contributed by atoms with E-state index in [0.717, 1.165) is 12.8 Å². The number of ether oxygens (including phenoxy) is 2. The summed E-state index contributed by atoms with van der Waals surface area (Å²) in [6.07, 6.45) is 3.26. The molecule has 1 saturated carbocycles. The Balaban J connectivity index is 1.63. The highest BCUT2D eigenvalue weighted by Crippen LogP contribution is 2.64. The number of ketones is 1. The lowest BCUT2D eigenvalue weighted by Crippen LogP contribution is -2.64. The van der Waals surface area contributed by atoms with Gasteiger partial charge in [0.05, 0.1) is 45.2 Å². The van der Waals surface area contributed by atoms with Crippen molar-refractivity contribution < 1.29 is 29.6 Å². The monoisotopic (exact) mass is 529 g/mol. The van der Waals surface area contributed by atoms with Gasteiger partial charge in [-0.25, -0.2) is 4.98 Å². The molecular weight excluding hydrogens is 490 g/mol. The number of thiazole rings is 1. The first-order valence-corrected chi connectivity index (χ1v) is 14.2. The van der Waals surface area contributed by atoms with Crippen molar-refractivity contribution in [2.24, 2.45) is 11.3 Å². The fraction of sp³-hybridized carbons (Fsp3) is 0.655. The number of carbonyl (C=O) groups is 1. The van der Waals surface area contributed by atoms with Crippen LogP contribution >= 0.6 is 11.3 Å². The van der Waals surface area contributed by atoms with Crippen LogP contribution in [0.2, 0.25) is 0 Å². The van der Waals surface area contributed by atoms with Gasteiger partial charge < -0.3 is 24.8 Å². The Hall–Kier alpha value is -2.00. The van der Waals surface area contributed by atoms with E-state index in [1.807, 2.05) is 13.8 Å². The van der Waals surface area contributed by atoms with E-state index in [1.165, 1.54) is 11.3 Å². The Morgan fingerprint density at radius 3 is 2.65 bits per heavy atom. The summed E-state index contributed by atoms with van der Waals surface area (Å²) in [5.41, 5.74) is 1.82. The molecule has 2 aromatic rings. The van der Waals surface area contributed by atoms with Crippen LogP contribution in [-0.4, -0.2) is 49.5 Å². The van der Waals surface area contributed by atoms with Gasteiger partial charge in [-0.3, -0.25) is 4.79 Å². The van der Waals surface area contributed by atoms with E-state index in [0.29, 0.717) is 39.8 Å². The highest BCUT2D eigenvalue weighted by atomic mass is 32.1. The molecule has 1 aliphatic carbocycles. The normalized spacial score (nSPS) is 34.8. The fourth-order valence-electron chi connectivity index (χ4n) is 7.27. The third-order valence-electron chi connectivity index (χ3n) is 9.45. The third kappa shape index (κ3) is 3.86. The van der Waals surface area contributed by atoms with Gasteiger partial charge in [0.15, 0.2) is 17.3 Å². The van der Waals surface area contributed by atoms with Crippen molar-refractivity contribution >= 4 is 27.3 Å². The van der Waals surface area contributed by atoms with Crippen LogP contribution < -0.4 is 4.74 Å². The lowest BCUT2D eigenvalue weighted by Gasteiger charge is -2.61. The van der Waals surface area contributed by atoms with Crippen LogP contribution in [0.4, 0.5) is 0 Å². The number of allylic oxidation sites excluding steroid dienone is 2. The molecule has 1 aromatic heterocycles. The van der Waals surface area contributed by atoms with Crippen LogP contribution in [0.15, 0.2) is 17.2 Å². The molecule has 0 bridgehead atoms. The predicted molar refractivity (Wildman–Crippen MR) is 143 cm³/mol. The summed E-state index contributed by atoms with van der Waals surface area (Å²) in [4.78, 5) is 17.7. The number of aromatic hydroxyl groups is 1. The highest BCUT2D eigenvalue weighted by Gasteiger charge is 2.63. The summed E-state index contributed by atoms with van der Waals surface area (Å²) in [5, 5.41) is 34.2. The number of Topliss-reactive ketones (excluding diaryl/α,β-unsaturated/α-hetero) is 1. The number of phenols is 1. The minimum Gasteiger partial charge on any atom is -0.504 e. The number of fused-ring (bicyclic) bond motifs is 6. The molecule has 3 aliphatic rings. The van der Waals surface area contributed by atoms with Crippen molar-refractivity contribution in [1.82, 2.24) is 4.98 Å². The number of hydrogen-bond acceptors (Lipinski definition) is 8. The van der Waals surface area contributed by atoms with E-state index in [9.17, 15) is 20.1 Å². The minimum atomic E-state index is -0.940. The van der Waals surface area contributed by atoms with Gasteiger partial charge in [0.2, 0.25) is 0 Å². The van der Waals surface area contributed by atoms with Crippen LogP contribution in [0.3, 0.4) is 0 Å². The number of nitrogens with zero attached hydrogens (tertiary/aromatic N) is 1. The average Bonchev–Trinajstić information content (AvgIpc) is 3.30. The number of aliphatic hydroxyl groups excluding tert-OH is 1. The molecule has 2 fully saturated rings. The first-order chi connectivity index (χ1) is 17.2. The summed E-state index contributed by atoms with van der Waals surface area (Å²) in [6, 6.07) is 0. The number of aliphatic hydroxyl groups is 2. The van der Waals surface area contributed by atoms with E-state index < -0.39 is 28.6 Å². The molecule has 3 heterocycles. The van der Waals surface area contributed by atoms with Gasteiger partial charge in [-0.1, -0.05) is 19.9 Å². The lowest BCUT2D eigenvalue weighted by atomic mass is 9.53. The molecule has 202 valence electrons. The largest absolute Gasteiger partial charge is 0.504 e. The van der Waals surface area contributed by atoms with Crippen molar-refractivity contribution in [1.29, 1.82) is 0 Å². The van der Waals surface area contributed by atoms with E-state index in [2.05, 4.69) is 11.9 Å². The highest BCUT2D eigenvalue weighted by molar-refractivity contribution is 7.17. The third-order valence-corrected chi connectivity index (χ3v) is 10.3. The maximum atomic E-state index is 13.1. The zero-order valence-corrected chi connectivity index (χ0v) is 23.6. The predicted octanol–water partition coefficient (Wildman–Crippen LogP) is 5.56. The molecule has 1 saturated heterocycles. The van der Waals surface area contributed by atoms with Crippen LogP contribution in [0.5, 0.6) is 11.5 Å². The Morgan fingerprint density at radius 2 is 2.00 bits per heavy atom. The van der Waals surface area contributed by atoms with E-state index in [4.69, 9.17) is 9.47 Å². The zero-order chi connectivity index (χ0) is 27.1. The Bertz CT molecular complexity index is 1280. The first kappa shape index (κ1) is 26.6. The smallest absolute Gasteiger partial charge is 0.170 e. The van der Waals surface area contributed by atoms with Gasteiger partial charge in [-0.05, 0) is 65.9 Å². The summed E-state index contributed by atoms with van der Waals surface area (Å²) < 4.78 is 13.9. The second-order valence-corrected chi connectivity index (χ2v) is 13.1. The zero-order valence-electron chi connectivity index (χ0n) is 22.8. The van der Waals surface area contributed by atoms with Crippen molar-refractivity contribution in [3.8, 4) is 11.5 Å². The van der Waals surface area contributed by atoms with Crippen molar-refractivity contribution in [2.45, 2.75) is 110 Å². The van der Waals surface area contributed by atoms with E-state index >= 15 is 0 Å². The van der Waals surface area contributed by atoms with Crippen LogP contribution in [0.25, 0.3) is 10.2 Å². The standard InChI is InChI=1S/C29H39NO6S/c1-8-14(2)21(31)15(3)18-22(32)24-19(20-25(18)37-13-30-20)23(33)26-28(6)11-9-16(27(4,5)34)35-17(28)10-12-29(26,7)36-24/h8,13,15-17,23,26,32-34H,9-12H2,1-7H3. The molecule has 8 heteroatoms. The fourth-order valence-corrected chi connectivity index (χ4v) is 8.20. The number of hydrogen-bond donors (Lipinski definition) is 3. The summed E-state index contributed by atoms with van der Waals surface area (Å²) in [6.45, 7) is 13.1. The minimum absolute atomic E-state index is 0.0679. The van der Waals surface area contributed by atoms with Crippen LogP contribution in [0.1, 0.15) is 97.3 Å². The lowest BCUT2D eigenvalue weighted by molar-refractivity contribution is -0.256. The second kappa shape index (κ2) is 8.76. The maximum Gasteiger partial charge on any atom is 0.170 e. The number of phenolic OH excluding ortho intramolecular Hbond substituents is 1. The van der Waals surface area contributed by atoms with Crippen LogP contribution in [0, 0.1) is 11.3 Å². The molecule has 1 aromatic carbocycles. The topological polar surface area (TPSA) is 109 Å². The quantitative estimate of drug-likeness (QED) is 0.445. The number of carbonyl (C=O) groups excluding carboxylic acids is 1. The number of rotatable bonds is 4. The molecule has 7 atom stereocenters. The van der Waals surface area contributed by atoms with Crippen molar-refractivity contribution in [2.75, 3.05) is 0 Å². The average molecular weight is 530 g/mol. The van der Waals surface area contributed by atoms with E-state index in [-0.39, 0.29) is 35.4 Å². The van der Waals surface area contributed by atoms with Gasteiger partial charge in [0, 0.05) is 22.8 Å². The Kier molecular flexibility index (Phi) is 6.30. The summed E-state index contributed by atoms with van der Waals surface area (Å²) in [7, 11) is 0. The molecular formula is C29H39NO6S. The Labute approximate surface area is 222 Å². The van der Waals surface area contributed by atoms with Gasteiger partial charge in [0.1, 0.15) is 5.60 Å². The maximum absolute atomic E-state index is 13.1. The molecule has 37 heavy (non-hydrogen) atoms. The summed E-state index contributed by atoms with van der Waals surface area (Å²) in [5.74, 6) is -0.792. The van der Waals surface area contributed by atoms with Gasteiger partial charge >= 0.3 is 0 Å². The van der Waals surface area contributed by atoms with E-state index in [1.54, 1.807) is 39.3 Å². The molecule has 7 nitrogen and oxygen atoms in total. The van der Waals surface area contributed by atoms with Crippen LogP contribution in [-0.2, 0) is 9.53 Å². The van der Waals surface area contributed by atoms with Crippen molar-refractivity contribution in [3.63, 3.8) is 0 Å². The molecule has 3 N–H and O–H groups in total. The molecule has 0 spiro atoms. The SMILES string of the molecule is CC=C(C)C(=O)C(C)c1c(O)c2c(c3ncsc13)C(O)C1C(C)(CCC3OC(C(C)(C)O)CCC31C)O2. The van der Waals surface area contributed by atoms with Gasteiger partial charge in [-0.15, -0.1) is 11.3 Å². The molecule has 5 rings (SSSR count). The molecule has 0 amide bonds. The Morgan fingerprint density at radius 1 is 1.30 bits per heavy atom.